The predicted octanol–water partition coefficient (Wildman–Crippen LogP) is 5.41. The maximum absolute atomic E-state index is 13.7. The highest BCUT2D eigenvalue weighted by Crippen LogP contribution is 2.41. The Bertz CT molecular complexity index is 1270. The first-order valence-electron chi connectivity index (χ1n) is 11.5. The zero-order chi connectivity index (χ0) is 23.9. The second kappa shape index (κ2) is 8.93. The maximum atomic E-state index is 13.7. The van der Waals surface area contributed by atoms with Gasteiger partial charge in [0, 0.05) is 6.54 Å². The zero-order valence-corrected chi connectivity index (χ0v) is 20.2. The van der Waals surface area contributed by atoms with E-state index in [1.54, 1.807) is 12.0 Å². The van der Waals surface area contributed by atoms with E-state index in [0.29, 0.717) is 47.1 Å². The van der Waals surface area contributed by atoms with Crippen LogP contribution in [0.5, 0.6) is 11.5 Å². The van der Waals surface area contributed by atoms with E-state index >= 15 is 0 Å². The lowest BCUT2D eigenvalue weighted by atomic mass is 9.96. The summed E-state index contributed by atoms with van der Waals surface area (Å²) < 4.78 is 17.6. The van der Waals surface area contributed by atoms with E-state index in [-0.39, 0.29) is 17.1 Å². The van der Waals surface area contributed by atoms with Crippen molar-refractivity contribution < 1.29 is 18.7 Å². The van der Waals surface area contributed by atoms with Gasteiger partial charge in [-0.2, -0.15) is 0 Å². The van der Waals surface area contributed by atoms with Crippen LogP contribution in [0.2, 0.25) is 0 Å². The molecule has 1 aliphatic heterocycles. The van der Waals surface area contributed by atoms with Gasteiger partial charge in [0.05, 0.1) is 30.7 Å². The van der Waals surface area contributed by atoms with Crippen molar-refractivity contribution >= 4 is 16.9 Å². The molecule has 33 heavy (non-hydrogen) atoms. The molecule has 2 aromatic carbocycles. The minimum absolute atomic E-state index is 0.134. The molecule has 1 aromatic heterocycles. The number of aryl methyl sites for hydroxylation is 2. The number of hydrogen-bond donors (Lipinski definition) is 0. The first-order valence-corrected chi connectivity index (χ1v) is 11.5. The molecule has 0 radical (unpaired) electrons. The molecule has 0 N–H and O–H groups in total. The van der Waals surface area contributed by atoms with E-state index in [4.69, 9.17) is 13.9 Å². The molecule has 4 rings (SSSR count). The molecule has 1 aliphatic rings. The van der Waals surface area contributed by atoms with Gasteiger partial charge in [-0.15, -0.1) is 0 Å². The van der Waals surface area contributed by atoms with Gasteiger partial charge in [-0.3, -0.25) is 9.59 Å². The summed E-state index contributed by atoms with van der Waals surface area (Å²) in [5, 5.41) is 0.527. The smallest absolute Gasteiger partial charge is 0.290 e. The molecule has 0 bridgehead atoms. The number of hydrogen-bond acceptors (Lipinski definition) is 5. The van der Waals surface area contributed by atoms with E-state index in [1.165, 1.54) is 0 Å². The van der Waals surface area contributed by atoms with Gasteiger partial charge in [-0.05, 0) is 61.1 Å². The molecule has 174 valence electrons. The first kappa shape index (κ1) is 22.9. The third kappa shape index (κ3) is 3.99. The van der Waals surface area contributed by atoms with Gasteiger partial charge < -0.3 is 18.8 Å². The predicted molar refractivity (Wildman–Crippen MR) is 128 cm³/mol. The highest BCUT2D eigenvalue weighted by Gasteiger charge is 2.42. The van der Waals surface area contributed by atoms with Gasteiger partial charge in [0.2, 0.25) is 5.76 Å². The van der Waals surface area contributed by atoms with Crippen LogP contribution in [0.15, 0.2) is 39.5 Å². The largest absolute Gasteiger partial charge is 0.493 e. The molecule has 1 amide bonds. The Morgan fingerprint density at radius 1 is 1.09 bits per heavy atom. The van der Waals surface area contributed by atoms with Crippen LogP contribution < -0.4 is 14.9 Å². The van der Waals surface area contributed by atoms with Crippen LogP contribution in [0.1, 0.15) is 66.0 Å². The van der Waals surface area contributed by atoms with Crippen molar-refractivity contribution in [3.8, 4) is 11.5 Å². The van der Waals surface area contributed by atoms with E-state index in [1.807, 2.05) is 51.1 Å². The van der Waals surface area contributed by atoms with Gasteiger partial charge in [-0.25, -0.2) is 0 Å². The van der Waals surface area contributed by atoms with Gasteiger partial charge in [-0.1, -0.05) is 32.9 Å². The van der Waals surface area contributed by atoms with Crippen molar-refractivity contribution in [3.63, 3.8) is 0 Å². The Hall–Kier alpha value is -3.28. The number of ether oxygens (including phenoxy) is 2. The fraction of sp³-hybridized carbons (Fsp3) is 0.407. The van der Waals surface area contributed by atoms with Gasteiger partial charge in [0.15, 0.2) is 16.9 Å². The lowest BCUT2D eigenvalue weighted by Crippen LogP contribution is -2.30. The van der Waals surface area contributed by atoms with E-state index in [9.17, 15) is 9.59 Å². The number of nitrogens with zero attached hydrogens (tertiary/aromatic N) is 1. The average Bonchev–Trinajstić information content (AvgIpc) is 3.04. The molecule has 0 spiro atoms. The molecule has 0 aliphatic carbocycles. The molecular weight excluding hydrogens is 418 g/mol. The summed E-state index contributed by atoms with van der Waals surface area (Å²) in [5.74, 6) is 1.46. The summed E-state index contributed by atoms with van der Waals surface area (Å²) in [6, 6.07) is 8.85. The molecule has 6 heteroatoms. The van der Waals surface area contributed by atoms with Crippen molar-refractivity contribution in [2.75, 3.05) is 20.3 Å². The molecule has 0 saturated heterocycles. The molecule has 1 atom stereocenters. The van der Waals surface area contributed by atoms with Crippen molar-refractivity contribution in [2.45, 2.75) is 47.1 Å². The summed E-state index contributed by atoms with van der Waals surface area (Å²) in [6.45, 7) is 11.1. The second-order valence-electron chi connectivity index (χ2n) is 9.15. The minimum Gasteiger partial charge on any atom is -0.493 e. The molecule has 1 unspecified atom stereocenters. The van der Waals surface area contributed by atoms with Crippen LogP contribution >= 0.6 is 0 Å². The highest BCUT2D eigenvalue weighted by atomic mass is 16.5. The number of carbonyl (C=O) groups excluding carboxylic acids is 1. The van der Waals surface area contributed by atoms with Crippen LogP contribution in [0.25, 0.3) is 11.0 Å². The number of benzene rings is 2. The van der Waals surface area contributed by atoms with Crippen molar-refractivity contribution in [2.24, 2.45) is 5.92 Å². The number of fused-ring (bicyclic) bond motifs is 2. The van der Waals surface area contributed by atoms with Crippen LogP contribution in [0.3, 0.4) is 0 Å². The summed E-state index contributed by atoms with van der Waals surface area (Å²) in [7, 11) is 1.59. The minimum atomic E-state index is -0.540. The lowest BCUT2D eigenvalue weighted by Gasteiger charge is -2.25. The fourth-order valence-corrected chi connectivity index (χ4v) is 4.56. The Morgan fingerprint density at radius 3 is 2.52 bits per heavy atom. The van der Waals surface area contributed by atoms with Gasteiger partial charge >= 0.3 is 0 Å². The van der Waals surface area contributed by atoms with E-state index < -0.39 is 6.04 Å². The van der Waals surface area contributed by atoms with E-state index in [0.717, 1.165) is 23.1 Å². The van der Waals surface area contributed by atoms with Crippen LogP contribution in [0.4, 0.5) is 0 Å². The summed E-state index contributed by atoms with van der Waals surface area (Å²) in [5.41, 5.74) is 3.32. The third-order valence-electron chi connectivity index (χ3n) is 5.95. The highest BCUT2D eigenvalue weighted by molar-refractivity contribution is 5.99. The van der Waals surface area contributed by atoms with Crippen molar-refractivity contribution in [1.29, 1.82) is 0 Å². The second-order valence-corrected chi connectivity index (χ2v) is 9.15. The summed E-state index contributed by atoms with van der Waals surface area (Å²) >= 11 is 0. The summed E-state index contributed by atoms with van der Waals surface area (Å²) in [6.07, 6.45) is 0.759. The molecule has 3 aromatic rings. The average molecular weight is 450 g/mol. The topological polar surface area (TPSA) is 69.0 Å². The lowest BCUT2D eigenvalue weighted by molar-refractivity contribution is 0.0728. The van der Waals surface area contributed by atoms with Crippen molar-refractivity contribution in [3.05, 3.63) is 68.6 Å². The fourth-order valence-electron chi connectivity index (χ4n) is 4.56. The SMILES string of the molecule is CCCN1C(=O)c2oc3cc(C)cc(C)c3c(=O)c2C1c1ccc(OCC(C)C)c(OC)c1. The van der Waals surface area contributed by atoms with Crippen molar-refractivity contribution in [1.82, 2.24) is 4.90 Å². The van der Waals surface area contributed by atoms with Crippen LogP contribution in [-0.2, 0) is 0 Å². The Morgan fingerprint density at radius 2 is 1.85 bits per heavy atom. The van der Waals surface area contributed by atoms with Gasteiger partial charge in [0.25, 0.3) is 5.91 Å². The number of rotatable bonds is 7. The number of methoxy groups -OCH3 is 1. The Kier molecular flexibility index (Phi) is 6.19. The van der Waals surface area contributed by atoms with Crippen LogP contribution in [0, 0.1) is 19.8 Å². The molecular formula is C27H31NO5. The number of carbonyl (C=O) groups is 1. The Balaban J connectivity index is 1.91. The normalized spacial score (nSPS) is 15.4. The zero-order valence-electron chi connectivity index (χ0n) is 20.2. The number of amides is 1. The first-order chi connectivity index (χ1) is 15.8. The standard InChI is InChI=1S/C27H31NO5/c1-7-10-28-24(18-8-9-19(20(13-18)31-6)32-14-15(2)3)23-25(29)22-17(5)11-16(4)12-21(22)33-26(23)27(28)30/h8-9,11-13,15,24H,7,10,14H2,1-6H3. The molecule has 2 heterocycles. The third-order valence-corrected chi connectivity index (χ3v) is 5.95. The van der Waals surface area contributed by atoms with Crippen LogP contribution in [-0.4, -0.2) is 31.1 Å². The monoisotopic (exact) mass is 449 g/mol. The molecule has 0 fully saturated rings. The molecule has 0 saturated carbocycles. The summed E-state index contributed by atoms with van der Waals surface area (Å²) in [4.78, 5) is 28.8. The molecule has 6 nitrogen and oxygen atoms in total. The Labute approximate surface area is 194 Å². The quantitative estimate of drug-likeness (QED) is 0.482. The van der Waals surface area contributed by atoms with E-state index in [2.05, 4.69) is 13.8 Å². The van der Waals surface area contributed by atoms with Gasteiger partial charge in [0.1, 0.15) is 5.58 Å². The maximum Gasteiger partial charge on any atom is 0.290 e.